The van der Waals surface area contributed by atoms with Gasteiger partial charge in [-0.25, -0.2) is 4.98 Å². The third-order valence-corrected chi connectivity index (χ3v) is 3.87. The summed E-state index contributed by atoms with van der Waals surface area (Å²) in [5.41, 5.74) is 1.77. The minimum atomic E-state index is -0.298. The van der Waals surface area contributed by atoms with Crippen LogP contribution in [0.1, 0.15) is 42.9 Å². The van der Waals surface area contributed by atoms with Crippen molar-refractivity contribution in [3.8, 4) is 0 Å². The number of aromatic nitrogens is 2. The topological polar surface area (TPSA) is 63.9 Å². The number of rotatable bonds is 7. The Bertz CT molecular complexity index is 742. The van der Waals surface area contributed by atoms with E-state index >= 15 is 0 Å². The SMILES string of the molecule is CCCN(CCC(=O)OCC)C(=O)c1c(C)nc2cc(Cl)ccn12. The van der Waals surface area contributed by atoms with Crippen molar-refractivity contribution in [3.63, 3.8) is 0 Å². The van der Waals surface area contributed by atoms with Crippen molar-refractivity contribution in [2.24, 2.45) is 0 Å². The molecular formula is C17H22ClN3O3. The number of carbonyl (C=O) groups excluding carboxylic acids is 2. The molecule has 2 rings (SSSR count). The first-order chi connectivity index (χ1) is 11.5. The van der Waals surface area contributed by atoms with Crippen LogP contribution in [0, 0.1) is 6.92 Å². The van der Waals surface area contributed by atoms with Crippen molar-refractivity contribution in [2.75, 3.05) is 19.7 Å². The van der Waals surface area contributed by atoms with E-state index in [4.69, 9.17) is 16.3 Å². The van der Waals surface area contributed by atoms with Crippen LogP contribution in [0.4, 0.5) is 0 Å². The molecule has 0 atom stereocenters. The number of amides is 1. The predicted molar refractivity (Wildman–Crippen MR) is 92.4 cm³/mol. The molecule has 0 radical (unpaired) electrons. The van der Waals surface area contributed by atoms with Crippen LogP contribution < -0.4 is 0 Å². The number of hydrogen-bond acceptors (Lipinski definition) is 4. The van der Waals surface area contributed by atoms with Crippen molar-refractivity contribution < 1.29 is 14.3 Å². The highest BCUT2D eigenvalue weighted by atomic mass is 35.5. The van der Waals surface area contributed by atoms with Gasteiger partial charge in [-0.15, -0.1) is 0 Å². The van der Waals surface area contributed by atoms with E-state index in [0.717, 1.165) is 6.42 Å². The van der Waals surface area contributed by atoms with Crippen LogP contribution in [0.2, 0.25) is 5.02 Å². The van der Waals surface area contributed by atoms with Crippen molar-refractivity contribution in [1.29, 1.82) is 0 Å². The van der Waals surface area contributed by atoms with Gasteiger partial charge < -0.3 is 9.64 Å². The molecule has 0 aliphatic carbocycles. The molecular weight excluding hydrogens is 330 g/mol. The summed E-state index contributed by atoms with van der Waals surface area (Å²) in [6, 6.07) is 3.43. The monoisotopic (exact) mass is 351 g/mol. The van der Waals surface area contributed by atoms with E-state index in [-0.39, 0.29) is 18.3 Å². The van der Waals surface area contributed by atoms with Gasteiger partial charge in [-0.2, -0.15) is 0 Å². The molecule has 0 spiro atoms. The lowest BCUT2D eigenvalue weighted by molar-refractivity contribution is -0.143. The Hall–Kier alpha value is -2.08. The number of ether oxygens (including phenoxy) is 1. The van der Waals surface area contributed by atoms with E-state index in [9.17, 15) is 9.59 Å². The average Bonchev–Trinajstić information content (AvgIpc) is 2.85. The molecule has 0 unspecified atom stereocenters. The number of fused-ring (bicyclic) bond motifs is 1. The van der Waals surface area contributed by atoms with Gasteiger partial charge in [0.05, 0.1) is 18.7 Å². The van der Waals surface area contributed by atoms with Crippen LogP contribution in [0.3, 0.4) is 0 Å². The molecule has 0 N–H and O–H groups in total. The van der Waals surface area contributed by atoms with Crippen molar-refractivity contribution >= 4 is 29.1 Å². The lowest BCUT2D eigenvalue weighted by atomic mass is 10.2. The minimum absolute atomic E-state index is 0.145. The summed E-state index contributed by atoms with van der Waals surface area (Å²) < 4.78 is 6.67. The summed E-state index contributed by atoms with van der Waals surface area (Å²) in [4.78, 5) is 30.6. The molecule has 7 heteroatoms. The summed E-state index contributed by atoms with van der Waals surface area (Å²) >= 11 is 5.99. The third kappa shape index (κ3) is 4.06. The summed E-state index contributed by atoms with van der Waals surface area (Å²) in [6.45, 7) is 6.78. The maximum Gasteiger partial charge on any atom is 0.307 e. The molecule has 0 aliphatic heterocycles. The number of imidazole rings is 1. The van der Waals surface area contributed by atoms with Crippen molar-refractivity contribution in [1.82, 2.24) is 14.3 Å². The van der Waals surface area contributed by atoms with Crippen LogP contribution in [0.15, 0.2) is 18.3 Å². The van der Waals surface area contributed by atoms with Gasteiger partial charge in [-0.1, -0.05) is 18.5 Å². The lowest BCUT2D eigenvalue weighted by Gasteiger charge is -2.21. The lowest BCUT2D eigenvalue weighted by Crippen LogP contribution is -2.35. The normalized spacial score (nSPS) is 10.8. The Balaban J connectivity index is 2.26. The molecule has 0 aromatic carbocycles. The number of nitrogens with zero attached hydrogens (tertiary/aromatic N) is 3. The van der Waals surface area contributed by atoms with E-state index in [2.05, 4.69) is 4.98 Å². The van der Waals surface area contributed by atoms with Crippen LogP contribution in [0.25, 0.3) is 5.65 Å². The van der Waals surface area contributed by atoms with Gasteiger partial charge in [0, 0.05) is 30.4 Å². The zero-order valence-electron chi connectivity index (χ0n) is 14.2. The van der Waals surface area contributed by atoms with Crippen LogP contribution in [-0.4, -0.2) is 45.9 Å². The Morgan fingerprint density at radius 2 is 2.08 bits per heavy atom. The second-order valence-electron chi connectivity index (χ2n) is 5.47. The maximum atomic E-state index is 13.0. The van der Waals surface area contributed by atoms with Gasteiger partial charge in [0.1, 0.15) is 11.3 Å². The fourth-order valence-electron chi connectivity index (χ4n) is 2.59. The summed E-state index contributed by atoms with van der Waals surface area (Å²) in [5.74, 6) is -0.443. The van der Waals surface area contributed by atoms with E-state index in [1.165, 1.54) is 0 Å². The minimum Gasteiger partial charge on any atom is -0.466 e. The Kier molecular flexibility index (Phi) is 6.20. The highest BCUT2D eigenvalue weighted by molar-refractivity contribution is 6.30. The molecule has 0 aliphatic rings. The van der Waals surface area contributed by atoms with Gasteiger partial charge in [-0.3, -0.25) is 14.0 Å². The largest absolute Gasteiger partial charge is 0.466 e. The number of pyridine rings is 1. The first-order valence-corrected chi connectivity index (χ1v) is 8.44. The molecule has 2 heterocycles. The Morgan fingerprint density at radius 3 is 2.75 bits per heavy atom. The van der Waals surface area contributed by atoms with Gasteiger partial charge >= 0.3 is 5.97 Å². The standard InChI is InChI=1S/C17H22ClN3O3/c1-4-8-20(9-7-15(22)24-5-2)17(23)16-12(3)19-14-11-13(18)6-10-21(14)16/h6,10-11H,4-5,7-9H2,1-3H3. The number of esters is 1. The fourth-order valence-corrected chi connectivity index (χ4v) is 2.74. The van der Waals surface area contributed by atoms with Gasteiger partial charge in [0.25, 0.3) is 5.91 Å². The van der Waals surface area contributed by atoms with Crippen molar-refractivity contribution in [2.45, 2.75) is 33.6 Å². The Morgan fingerprint density at radius 1 is 1.33 bits per heavy atom. The van der Waals surface area contributed by atoms with Gasteiger partial charge in [0.15, 0.2) is 0 Å². The van der Waals surface area contributed by atoms with E-state index < -0.39 is 0 Å². The number of aryl methyl sites for hydroxylation is 1. The van der Waals surface area contributed by atoms with Crippen LogP contribution in [-0.2, 0) is 9.53 Å². The number of carbonyl (C=O) groups is 2. The number of hydrogen-bond donors (Lipinski definition) is 0. The number of halogens is 1. The molecule has 0 bridgehead atoms. The second-order valence-corrected chi connectivity index (χ2v) is 5.90. The zero-order chi connectivity index (χ0) is 17.7. The molecule has 1 amide bonds. The quantitative estimate of drug-likeness (QED) is 0.719. The summed E-state index contributed by atoms with van der Waals surface area (Å²) in [5, 5.41) is 0.569. The van der Waals surface area contributed by atoms with Gasteiger partial charge in [0.2, 0.25) is 0 Å². The maximum absolute atomic E-state index is 13.0. The smallest absolute Gasteiger partial charge is 0.307 e. The molecule has 130 valence electrons. The fraction of sp³-hybridized carbons (Fsp3) is 0.471. The highest BCUT2D eigenvalue weighted by Crippen LogP contribution is 2.18. The van der Waals surface area contributed by atoms with E-state index in [0.29, 0.717) is 41.8 Å². The summed E-state index contributed by atoms with van der Waals surface area (Å²) in [6.07, 6.45) is 2.72. The molecule has 0 saturated heterocycles. The molecule has 24 heavy (non-hydrogen) atoms. The predicted octanol–water partition coefficient (Wildman–Crippen LogP) is 3.10. The Labute approximate surface area is 146 Å². The van der Waals surface area contributed by atoms with Crippen LogP contribution in [0.5, 0.6) is 0 Å². The third-order valence-electron chi connectivity index (χ3n) is 3.64. The second kappa shape index (κ2) is 8.15. The molecule has 0 fully saturated rings. The van der Waals surface area contributed by atoms with Gasteiger partial charge in [-0.05, 0) is 26.3 Å². The van der Waals surface area contributed by atoms with E-state index in [1.807, 2.05) is 6.92 Å². The van der Waals surface area contributed by atoms with Crippen LogP contribution >= 0.6 is 11.6 Å². The van der Waals surface area contributed by atoms with E-state index in [1.54, 1.807) is 41.5 Å². The summed E-state index contributed by atoms with van der Waals surface area (Å²) in [7, 11) is 0. The molecule has 2 aromatic rings. The first kappa shape index (κ1) is 18.3. The average molecular weight is 352 g/mol. The highest BCUT2D eigenvalue weighted by Gasteiger charge is 2.23. The first-order valence-electron chi connectivity index (χ1n) is 8.07. The molecule has 6 nitrogen and oxygen atoms in total. The zero-order valence-corrected chi connectivity index (χ0v) is 15.0. The van der Waals surface area contributed by atoms with Crippen molar-refractivity contribution in [3.05, 3.63) is 34.7 Å². The molecule has 2 aromatic heterocycles. The molecule has 0 saturated carbocycles.